The van der Waals surface area contributed by atoms with Gasteiger partial charge in [0.2, 0.25) is 0 Å². The van der Waals surface area contributed by atoms with Crippen LogP contribution in [0.5, 0.6) is 0 Å². The highest BCUT2D eigenvalue weighted by atomic mass is 16.4. The summed E-state index contributed by atoms with van der Waals surface area (Å²) in [6.07, 6.45) is -0.0744. The third-order valence-electron chi connectivity index (χ3n) is 0.712. The molecule has 0 aliphatic rings. The summed E-state index contributed by atoms with van der Waals surface area (Å²) in [5.74, 6) is 0. The fraction of sp³-hybridized carbons (Fsp3) is 0. The molecule has 0 aliphatic heterocycles. The van der Waals surface area contributed by atoms with E-state index < -0.39 is 12.1 Å². The van der Waals surface area contributed by atoms with Gasteiger partial charge in [-0.25, -0.2) is 24.6 Å². The van der Waals surface area contributed by atoms with Crippen molar-refractivity contribution in [2.24, 2.45) is 10.2 Å². The van der Waals surface area contributed by atoms with Crippen LogP contribution in [0.1, 0.15) is 0 Å². The lowest BCUT2D eigenvalue weighted by molar-refractivity contribution is 0.149. The predicted molar refractivity (Wildman–Crippen MR) is 34.6 cm³/mol. The number of nitrogens with one attached hydrogen (secondary N) is 1. The summed E-state index contributed by atoms with van der Waals surface area (Å²) < 4.78 is 0. The van der Waals surface area contributed by atoms with E-state index in [9.17, 15) is 19.2 Å². The molecule has 0 aromatic carbocycles. The molecule has 3 amide bonds. The molecular formula is C4H2N4O5. The Morgan fingerprint density at radius 1 is 1.31 bits per heavy atom. The predicted octanol–water partition coefficient (Wildman–Crippen LogP) is -0.822. The number of hydrogen-bond donors (Lipinski definition) is 2. The van der Waals surface area contributed by atoms with Crippen LogP contribution in [0, 0.1) is 0 Å². The molecule has 0 atom stereocenters. The molecule has 0 aliphatic carbocycles. The Hall–Kier alpha value is -2.50. The second-order valence-corrected chi connectivity index (χ2v) is 1.41. The minimum atomic E-state index is -1.82. The number of urea groups is 1. The second kappa shape index (κ2) is 5.19. The number of imide groups is 1. The van der Waals surface area contributed by atoms with E-state index in [1.807, 2.05) is 0 Å². The minimum absolute atomic E-state index is 0.284. The molecule has 0 aromatic heterocycles. The van der Waals surface area contributed by atoms with Crippen LogP contribution in [0.25, 0.3) is 0 Å². The molecule has 9 nitrogen and oxygen atoms in total. The Balaban J connectivity index is 4.55. The van der Waals surface area contributed by atoms with Crippen LogP contribution in [0.4, 0.5) is 9.59 Å². The Morgan fingerprint density at radius 2 is 1.92 bits per heavy atom. The third kappa shape index (κ3) is 3.42. The highest BCUT2D eigenvalue weighted by Gasteiger charge is 2.19. The van der Waals surface area contributed by atoms with E-state index in [1.54, 1.807) is 0 Å². The van der Waals surface area contributed by atoms with Crippen LogP contribution in [0.3, 0.4) is 0 Å². The summed E-state index contributed by atoms with van der Waals surface area (Å²) in [4.78, 5) is 39.9. The Labute approximate surface area is 70.3 Å². The number of isocyanates is 2. The summed E-state index contributed by atoms with van der Waals surface area (Å²) in [6.45, 7) is 0. The smallest absolute Gasteiger partial charge is 0.437 e. The molecule has 0 radical (unpaired) electrons. The number of amides is 3. The lowest BCUT2D eigenvalue weighted by Crippen LogP contribution is -2.37. The van der Waals surface area contributed by atoms with Crippen molar-refractivity contribution in [1.29, 1.82) is 0 Å². The van der Waals surface area contributed by atoms with E-state index in [4.69, 9.17) is 5.11 Å². The first kappa shape index (κ1) is 10.5. The summed E-state index contributed by atoms with van der Waals surface area (Å²) in [7, 11) is 0. The number of rotatable bonds is 2. The number of carboxylic acid groups (broad SMARTS) is 1. The Kier molecular flexibility index (Phi) is 4.19. The van der Waals surface area contributed by atoms with Crippen LogP contribution in [0.2, 0.25) is 0 Å². The van der Waals surface area contributed by atoms with Crippen molar-refractivity contribution in [1.82, 2.24) is 10.4 Å². The molecule has 0 aromatic rings. The largest absolute Gasteiger partial charge is 0.463 e. The number of carbonyl (C=O) groups excluding carboxylic acids is 3. The zero-order valence-electron chi connectivity index (χ0n) is 5.92. The van der Waals surface area contributed by atoms with Gasteiger partial charge in [-0.1, -0.05) is 15.2 Å². The van der Waals surface area contributed by atoms with Crippen LogP contribution in [-0.4, -0.2) is 34.4 Å². The quantitative estimate of drug-likeness (QED) is 0.330. The second-order valence-electron chi connectivity index (χ2n) is 1.41. The van der Waals surface area contributed by atoms with Gasteiger partial charge in [0.25, 0.3) is 12.2 Å². The fourth-order valence-electron chi connectivity index (χ4n) is 0.334. The normalized spacial score (nSPS) is 7.38. The maximum absolute atomic E-state index is 10.6. The van der Waals surface area contributed by atoms with E-state index in [0.29, 0.717) is 0 Å². The van der Waals surface area contributed by atoms with Gasteiger partial charge in [-0.3, -0.25) is 0 Å². The molecule has 0 saturated carbocycles. The fourth-order valence-corrected chi connectivity index (χ4v) is 0.334. The van der Waals surface area contributed by atoms with Gasteiger partial charge in [-0.2, -0.15) is 0 Å². The van der Waals surface area contributed by atoms with E-state index in [1.165, 1.54) is 5.43 Å². The van der Waals surface area contributed by atoms with E-state index >= 15 is 0 Å². The van der Waals surface area contributed by atoms with Crippen molar-refractivity contribution in [3.63, 3.8) is 0 Å². The lowest BCUT2D eigenvalue weighted by Gasteiger charge is -2.05. The van der Waals surface area contributed by atoms with Crippen LogP contribution in [-0.2, 0) is 9.59 Å². The van der Waals surface area contributed by atoms with Crippen LogP contribution in [0.15, 0.2) is 10.2 Å². The SMILES string of the molecule is O=C=NNC(=O)N(N=C=O)C(=O)O. The molecule has 0 fully saturated rings. The van der Waals surface area contributed by atoms with Gasteiger partial charge in [0.1, 0.15) is 0 Å². The zero-order valence-corrected chi connectivity index (χ0v) is 5.92. The highest BCUT2D eigenvalue weighted by Crippen LogP contribution is 1.90. The van der Waals surface area contributed by atoms with Crippen LogP contribution >= 0.6 is 0 Å². The first-order valence-electron chi connectivity index (χ1n) is 2.61. The maximum Gasteiger partial charge on any atom is 0.437 e. The van der Waals surface area contributed by atoms with Crippen molar-refractivity contribution in [3.8, 4) is 0 Å². The van der Waals surface area contributed by atoms with Gasteiger partial charge >= 0.3 is 12.1 Å². The third-order valence-corrected chi connectivity index (χ3v) is 0.712. The summed E-state index contributed by atoms with van der Waals surface area (Å²) >= 11 is 0. The summed E-state index contributed by atoms with van der Waals surface area (Å²) in [5, 5.41) is 13.0. The minimum Gasteiger partial charge on any atom is -0.463 e. The number of carbonyl (C=O) groups is 2. The number of hydrogen-bond acceptors (Lipinski definition) is 6. The van der Waals surface area contributed by atoms with Crippen molar-refractivity contribution in [2.45, 2.75) is 0 Å². The summed E-state index contributed by atoms with van der Waals surface area (Å²) in [5.41, 5.74) is 1.43. The molecule has 2 N–H and O–H groups in total. The molecule has 9 heteroatoms. The van der Waals surface area contributed by atoms with Gasteiger partial charge in [0.15, 0.2) is 0 Å². The molecule has 0 heterocycles. The molecule has 0 unspecified atom stereocenters. The lowest BCUT2D eigenvalue weighted by atomic mass is 10.9. The van der Waals surface area contributed by atoms with E-state index in [0.717, 1.165) is 12.2 Å². The van der Waals surface area contributed by atoms with Crippen molar-refractivity contribution >= 4 is 24.3 Å². The Morgan fingerprint density at radius 3 is 2.31 bits per heavy atom. The first-order valence-corrected chi connectivity index (χ1v) is 2.61. The van der Waals surface area contributed by atoms with Gasteiger partial charge in [-0.05, 0) is 0 Å². The molecule has 0 saturated heterocycles. The van der Waals surface area contributed by atoms with Gasteiger partial charge in [0, 0.05) is 0 Å². The average molecular weight is 186 g/mol. The van der Waals surface area contributed by atoms with Gasteiger partial charge in [-0.15, -0.1) is 0 Å². The first-order chi connectivity index (χ1) is 6.13. The van der Waals surface area contributed by atoms with Crippen LogP contribution < -0.4 is 5.43 Å². The van der Waals surface area contributed by atoms with E-state index in [-0.39, 0.29) is 5.01 Å². The van der Waals surface area contributed by atoms with Crippen molar-refractivity contribution in [3.05, 3.63) is 0 Å². The topological polar surface area (TPSA) is 128 Å². The van der Waals surface area contributed by atoms with Crippen molar-refractivity contribution in [2.75, 3.05) is 0 Å². The number of nitrogens with zero attached hydrogens (tertiary/aromatic N) is 3. The highest BCUT2D eigenvalue weighted by molar-refractivity contribution is 5.89. The standard InChI is InChI=1S/C4H2N4O5/c9-1-5-7-3(11)8(4(12)13)6-2-10/h(H,7,11)(H,12,13). The monoisotopic (exact) mass is 186 g/mol. The van der Waals surface area contributed by atoms with E-state index in [2.05, 4.69) is 10.2 Å². The maximum atomic E-state index is 10.6. The Bertz CT molecular complexity index is 310. The molecule has 0 bridgehead atoms. The summed E-state index contributed by atoms with van der Waals surface area (Å²) in [6, 6.07) is -1.39. The van der Waals surface area contributed by atoms with Gasteiger partial charge in [0.05, 0.1) is 0 Å². The zero-order chi connectivity index (χ0) is 10.3. The average Bonchev–Trinajstić information content (AvgIpc) is 2.09. The van der Waals surface area contributed by atoms with Crippen molar-refractivity contribution < 1.29 is 24.3 Å². The molecule has 13 heavy (non-hydrogen) atoms. The number of hydrazone groups is 2. The molecular weight excluding hydrogens is 184 g/mol. The molecule has 0 rings (SSSR count). The molecule has 68 valence electrons. The van der Waals surface area contributed by atoms with Gasteiger partial charge < -0.3 is 5.11 Å². The molecule has 0 spiro atoms.